The van der Waals surface area contributed by atoms with Crippen LogP contribution in [0.4, 0.5) is 9.93 Å². The summed E-state index contributed by atoms with van der Waals surface area (Å²) in [6.07, 6.45) is 0.351. The van der Waals surface area contributed by atoms with E-state index in [4.69, 9.17) is 4.74 Å². The second-order valence-electron chi connectivity index (χ2n) is 6.52. The van der Waals surface area contributed by atoms with Gasteiger partial charge in [-0.2, -0.15) is 0 Å². The van der Waals surface area contributed by atoms with Crippen LogP contribution in [0.2, 0.25) is 0 Å². The van der Waals surface area contributed by atoms with Crippen molar-refractivity contribution in [2.45, 2.75) is 39.3 Å². The van der Waals surface area contributed by atoms with Crippen molar-refractivity contribution in [1.29, 1.82) is 0 Å². The monoisotopic (exact) mass is 402 g/mol. The molecule has 4 amide bonds. The zero-order chi connectivity index (χ0) is 20.3. The number of amides is 4. The van der Waals surface area contributed by atoms with Crippen molar-refractivity contribution in [2.75, 3.05) is 12.4 Å². The Morgan fingerprint density at radius 2 is 2.00 bits per heavy atom. The van der Waals surface area contributed by atoms with Gasteiger partial charge in [-0.25, -0.2) is 9.78 Å². The van der Waals surface area contributed by atoms with Crippen molar-refractivity contribution in [3.8, 4) is 5.75 Å². The molecule has 2 N–H and O–H groups in total. The molecule has 1 aromatic heterocycles. The Morgan fingerprint density at radius 1 is 1.29 bits per heavy atom. The van der Waals surface area contributed by atoms with E-state index in [1.165, 1.54) is 11.3 Å². The molecule has 3 rings (SSSR count). The van der Waals surface area contributed by atoms with E-state index in [0.717, 1.165) is 21.0 Å². The Hall–Kier alpha value is -2.94. The van der Waals surface area contributed by atoms with Gasteiger partial charge in [0, 0.05) is 11.3 Å². The van der Waals surface area contributed by atoms with Gasteiger partial charge in [-0.1, -0.05) is 12.1 Å². The lowest BCUT2D eigenvalue weighted by Gasteiger charge is -2.13. The maximum atomic E-state index is 12.5. The van der Waals surface area contributed by atoms with Gasteiger partial charge in [-0.3, -0.25) is 14.5 Å². The van der Waals surface area contributed by atoms with Crippen LogP contribution in [0.3, 0.4) is 0 Å². The summed E-state index contributed by atoms with van der Waals surface area (Å²) in [6.45, 7) is 3.99. The summed E-state index contributed by atoms with van der Waals surface area (Å²) in [5.74, 6) is 0.148. The Morgan fingerprint density at radius 3 is 2.61 bits per heavy atom. The molecule has 1 aliphatic heterocycles. The summed E-state index contributed by atoms with van der Waals surface area (Å²) in [6, 6.07) is 6.01. The summed E-state index contributed by atoms with van der Waals surface area (Å²) in [4.78, 5) is 43.3. The zero-order valence-corrected chi connectivity index (χ0v) is 16.8. The third-order valence-corrected chi connectivity index (χ3v) is 5.53. The van der Waals surface area contributed by atoms with E-state index < -0.39 is 12.1 Å². The Balaban J connectivity index is 1.53. The molecule has 28 heavy (non-hydrogen) atoms. The van der Waals surface area contributed by atoms with E-state index in [1.807, 2.05) is 13.8 Å². The number of imide groups is 1. The van der Waals surface area contributed by atoms with Gasteiger partial charge in [0.15, 0.2) is 5.13 Å². The highest BCUT2D eigenvalue weighted by molar-refractivity contribution is 7.15. The Kier molecular flexibility index (Phi) is 5.93. The fourth-order valence-corrected chi connectivity index (χ4v) is 3.65. The second kappa shape index (κ2) is 8.39. The van der Waals surface area contributed by atoms with Gasteiger partial charge in [0.25, 0.3) is 5.91 Å². The maximum absolute atomic E-state index is 12.5. The molecule has 1 saturated heterocycles. The van der Waals surface area contributed by atoms with Crippen LogP contribution in [0.15, 0.2) is 24.3 Å². The first-order valence-electron chi connectivity index (χ1n) is 8.86. The molecular formula is C19H22N4O4S. The van der Waals surface area contributed by atoms with Gasteiger partial charge in [0.05, 0.1) is 19.3 Å². The van der Waals surface area contributed by atoms with Crippen LogP contribution < -0.4 is 15.4 Å². The molecule has 1 aliphatic rings. The quantitative estimate of drug-likeness (QED) is 0.694. The summed E-state index contributed by atoms with van der Waals surface area (Å²) >= 11 is 1.41. The van der Waals surface area contributed by atoms with Crippen molar-refractivity contribution in [2.24, 2.45) is 0 Å². The normalized spacial score (nSPS) is 16.2. The minimum atomic E-state index is -0.698. The van der Waals surface area contributed by atoms with E-state index >= 15 is 0 Å². The number of thiazole rings is 1. The molecule has 0 radical (unpaired) electrons. The van der Waals surface area contributed by atoms with E-state index in [0.29, 0.717) is 10.9 Å². The van der Waals surface area contributed by atoms with Crippen molar-refractivity contribution in [3.05, 3.63) is 40.4 Å². The first kappa shape index (κ1) is 19.8. The predicted molar refractivity (Wildman–Crippen MR) is 105 cm³/mol. The number of carbonyl (C=O) groups excluding carboxylic acids is 3. The molecule has 1 atom stereocenters. The topological polar surface area (TPSA) is 101 Å². The molecule has 1 aromatic carbocycles. The number of urea groups is 1. The molecule has 9 heteroatoms. The maximum Gasteiger partial charge on any atom is 0.325 e. The van der Waals surface area contributed by atoms with Crippen LogP contribution in [-0.2, 0) is 16.1 Å². The fourth-order valence-electron chi connectivity index (χ4n) is 2.82. The summed E-state index contributed by atoms with van der Waals surface area (Å²) < 4.78 is 5.10. The van der Waals surface area contributed by atoms with Gasteiger partial charge in [-0.15, -0.1) is 11.3 Å². The number of nitrogens with one attached hydrogen (secondary N) is 2. The lowest BCUT2D eigenvalue weighted by molar-refractivity contribution is -0.128. The summed E-state index contributed by atoms with van der Waals surface area (Å²) in [7, 11) is 1.57. The summed E-state index contributed by atoms with van der Waals surface area (Å²) in [5.41, 5.74) is 1.70. The van der Waals surface area contributed by atoms with Crippen molar-refractivity contribution in [1.82, 2.24) is 15.2 Å². The van der Waals surface area contributed by atoms with Crippen molar-refractivity contribution in [3.63, 3.8) is 0 Å². The highest BCUT2D eigenvalue weighted by atomic mass is 32.1. The van der Waals surface area contributed by atoms with Gasteiger partial charge in [0.2, 0.25) is 5.91 Å². The SMILES string of the molecule is COc1ccc(CN2C(=O)N[C@@H](CCC(=O)Nc3nc(C)c(C)s3)C2=O)cc1. The highest BCUT2D eigenvalue weighted by Crippen LogP contribution is 2.22. The molecule has 0 unspecified atom stereocenters. The fraction of sp³-hybridized carbons (Fsp3) is 0.368. The minimum absolute atomic E-state index is 0.116. The van der Waals surface area contributed by atoms with E-state index in [2.05, 4.69) is 15.6 Å². The first-order chi connectivity index (χ1) is 13.4. The molecular weight excluding hydrogens is 380 g/mol. The summed E-state index contributed by atoms with van der Waals surface area (Å²) in [5, 5.41) is 5.93. The van der Waals surface area contributed by atoms with Gasteiger partial charge >= 0.3 is 6.03 Å². The number of nitrogens with zero attached hydrogens (tertiary/aromatic N) is 2. The average Bonchev–Trinajstić information content (AvgIpc) is 3.12. The standard InChI is InChI=1S/C19H22N4O4S/c1-11-12(2)28-18(20-11)22-16(24)9-8-15-17(25)23(19(26)21-15)10-13-4-6-14(27-3)7-5-13/h4-7,15H,8-10H2,1-3H3,(H,21,26)(H,20,22,24)/t15-/m0/s1. The number of anilines is 1. The molecule has 2 heterocycles. The molecule has 2 aromatic rings. The largest absolute Gasteiger partial charge is 0.497 e. The Labute approximate surface area is 166 Å². The van der Waals surface area contributed by atoms with Crippen molar-refractivity contribution >= 4 is 34.3 Å². The minimum Gasteiger partial charge on any atom is -0.497 e. The lowest BCUT2D eigenvalue weighted by Crippen LogP contribution is -2.31. The third kappa shape index (κ3) is 4.48. The van der Waals surface area contributed by atoms with Crippen LogP contribution in [-0.4, -0.2) is 40.9 Å². The third-order valence-electron chi connectivity index (χ3n) is 4.54. The van der Waals surface area contributed by atoms with Gasteiger partial charge in [-0.05, 0) is 38.0 Å². The first-order valence-corrected chi connectivity index (χ1v) is 9.67. The number of benzene rings is 1. The smallest absolute Gasteiger partial charge is 0.325 e. The molecule has 8 nitrogen and oxygen atoms in total. The number of hydrogen-bond acceptors (Lipinski definition) is 6. The van der Waals surface area contributed by atoms with Crippen LogP contribution in [0.5, 0.6) is 5.75 Å². The lowest BCUT2D eigenvalue weighted by atomic mass is 10.1. The molecule has 0 aliphatic carbocycles. The average molecular weight is 402 g/mol. The van der Waals surface area contributed by atoms with Gasteiger partial charge in [0.1, 0.15) is 11.8 Å². The van der Waals surface area contributed by atoms with Gasteiger partial charge < -0.3 is 15.4 Å². The van der Waals surface area contributed by atoms with E-state index in [9.17, 15) is 14.4 Å². The molecule has 1 fully saturated rings. The second-order valence-corrected chi connectivity index (χ2v) is 7.73. The number of methoxy groups -OCH3 is 1. The van der Waals surface area contributed by atoms with Crippen LogP contribution >= 0.6 is 11.3 Å². The number of carbonyl (C=O) groups is 3. The van der Waals surface area contributed by atoms with Crippen molar-refractivity contribution < 1.29 is 19.1 Å². The van der Waals surface area contributed by atoms with Crippen LogP contribution in [0.1, 0.15) is 29.0 Å². The molecule has 0 saturated carbocycles. The highest BCUT2D eigenvalue weighted by Gasteiger charge is 2.37. The number of ether oxygens (including phenoxy) is 1. The number of aryl methyl sites for hydroxylation is 2. The van der Waals surface area contributed by atoms with Crippen LogP contribution in [0, 0.1) is 13.8 Å². The number of aromatic nitrogens is 1. The predicted octanol–water partition coefficient (Wildman–Crippen LogP) is 2.61. The molecule has 148 valence electrons. The van der Waals surface area contributed by atoms with E-state index in [-0.39, 0.29) is 31.2 Å². The molecule has 0 bridgehead atoms. The van der Waals surface area contributed by atoms with Crippen LogP contribution in [0.25, 0.3) is 0 Å². The number of rotatable bonds is 7. The molecule has 0 spiro atoms. The number of hydrogen-bond donors (Lipinski definition) is 2. The zero-order valence-electron chi connectivity index (χ0n) is 15.9. The van der Waals surface area contributed by atoms with E-state index in [1.54, 1.807) is 31.4 Å². The Bertz CT molecular complexity index is 874.